The van der Waals surface area contributed by atoms with Crippen LogP contribution in [0.4, 0.5) is 11.4 Å². The molecule has 29 heavy (non-hydrogen) atoms. The van der Waals surface area contributed by atoms with E-state index in [1.165, 1.54) is 11.8 Å². The number of nitro groups is 1. The Hall–Kier alpha value is -3.38. The molecule has 11 nitrogen and oxygen atoms in total. The Balaban J connectivity index is 1.75. The zero-order chi connectivity index (χ0) is 20.4. The van der Waals surface area contributed by atoms with Gasteiger partial charge in [0.25, 0.3) is 0 Å². The highest BCUT2D eigenvalue weighted by Gasteiger charge is 2.26. The van der Waals surface area contributed by atoms with E-state index in [4.69, 9.17) is 14.5 Å². The van der Waals surface area contributed by atoms with Gasteiger partial charge in [-0.15, -0.1) is 0 Å². The minimum absolute atomic E-state index is 0.0292. The molecular formula is C17H16N6O5S. The minimum atomic E-state index is -0.532. The van der Waals surface area contributed by atoms with E-state index in [2.05, 4.69) is 25.6 Å². The Morgan fingerprint density at radius 3 is 2.93 bits per heavy atom. The van der Waals surface area contributed by atoms with Crippen LogP contribution in [0.1, 0.15) is 6.42 Å². The first-order chi connectivity index (χ1) is 14.1. The summed E-state index contributed by atoms with van der Waals surface area (Å²) >= 11 is 1.25. The topological polar surface area (TPSA) is 152 Å². The van der Waals surface area contributed by atoms with Gasteiger partial charge in [-0.3, -0.25) is 10.1 Å². The van der Waals surface area contributed by atoms with Gasteiger partial charge in [0.05, 0.1) is 23.1 Å². The smallest absolute Gasteiger partial charge is 0.323 e. The maximum Gasteiger partial charge on any atom is 0.323 e. The fraction of sp³-hybridized carbons (Fsp3) is 0.235. The van der Waals surface area contributed by atoms with Crippen molar-refractivity contribution in [3.05, 3.63) is 34.4 Å². The Kier molecular flexibility index (Phi) is 5.18. The molecule has 0 fully saturated rings. The number of hydrogen-bond donors (Lipinski definition) is 3. The largest absolute Gasteiger partial charge is 0.497 e. The van der Waals surface area contributed by atoms with Gasteiger partial charge in [0, 0.05) is 24.1 Å². The summed E-state index contributed by atoms with van der Waals surface area (Å²) in [6.07, 6.45) is 0.445. The van der Waals surface area contributed by atoms with Gasteiger partial charge in [-0.05, 0) is 46.7 Å². The summed E-state index contributed by atoms with van der Waals surface area (Å²) in [5.74, 6) is 0.700. The van der Waals surface area contributed by atoms with E-state index in [0.29, 0.717) is 28.8 Å². The van der Waals surface area contributed by atoms with Crippen LogP contribution in [-0.4, -0.2) is 50.6 Å². The van der Waals surface area contributed by atoms with Crippen LogP contribution >= 0.6 is 11.8 Å². The van der Waals surface area contributed by atoms with Gasteiger partial charge in [0.2, 0.25) is 5.52 Å². The molecule has 0 atom stereocenters. The third kappa shape index (κ3) is 3.67. The van der Waals surface area contributed by atoms with Gasteiger partial charge >= 0.3 is 5.69 Å². The second kappa shape index (κ2) is 7.93. The maximum absolute atomic E-state index is 11.6. The number of rotatable bonds is 8. The number of hydrogen-bond acceptors (Lipinski definition) is 10. The van der Waals surface area contributed by atoms with Gasteiger partial charge in [-0.2, -0.15) is 0 Å². The standard InChI is InChI=1S/C17H16N6O5S/c1-27-9-3-4-10-11(7-9)20-17(19-10)29-13-8-12(18-5-2-6-24)16(23(25)26)15-14(13)21-28-22-15/h3-4,7-8,18,24H,2,5-6H2,1H3,(H,19,20). The van der Waals surface area contributed by atoms with E-state index in [1.807, 2.05) is 18.2 Å². The van der Waals surface area contributed by atoms with Gasteiger partial charge in [0.1, 0.15) is 11.4 Å². The Morgan fingerprint density at radius 1 is 1.34 bits per heavy atom. The number of aliphatic hydroxyl groups excluding tert-OH is 1. The summed E-state index contributed by atoms with van der Waals surface area (Å²) in [6, 6.07) is 7.09. The van der Waals surface area contributed by atoms with Crippen molar-refractivity contribution >= 4 is 45.2 Å². The molecule has 0 unspecified atom stereocenters. The monoisotopic (exact) mass is 416 g/mol. The molecule has 0 saturated heterocycles. The highest BCUT2D eigenvalue weighted by Crippen LogP contribution is 2.40. The number of nitrogens with one attached hydrogen (secondary N) is 2. The molecule has 0 bridgehead atoms. The van der Waals surface area contributed by atoms with Gasteiger partial charge < -0.3 is 20.1 Å². The molecule has 0 aliphatic rings. The summed E-state index contributed by atoms with van der Waals surface area (Å²) in [5, 5.41) is 31.7. The predicted molar refractivity (Wildman–Crippen MR) is 105 cm³/mol. The van der Waals surface area contributed by atoms with Crippen LogP contribution < -0.4 is 10.1 Å². The van der Waals surface area contributed by atoms with E-state index in [0.717, 1.165) is 11.0 Å². The lowest BCUT2D eigenvalue weighted by atomic mass is 10.2. The summed E-state index contributed by atoms with van der Waals surface area (Å²) < 4.78 is 9.99. The lowest BCUT2D eigenvalue weighted by molar-refractivity contribution is -0.382. The number of nitrogens with zero attached hydrogens (tertiary/aromatic N) is 4. The molecule has 2 aromatic carbocycles. The molecule has 12 heteroatoms. The fourth-order valence-corrected chi connectivity index (χ4v) is 3.77. The molecule has 0 aliphatic carbocycles. The number of aromatic amines is 1. The number of fused-ring (bicyclic) bond motifs is 2. The zero-order valence-corrected chi connectivity index (χ0v) is 16.0. The van der Waals surface area contributed by atoms with E-state index in [1.54, 1.807) is 13.2 Å². The molecule has 3 N–H and O–H groups in total. The van der Waals surface area contributed by atoms with Crippen LogP contribution in [0.3, 0.4) is 0 Å². The molecule has 0 amide bonds. The Labute approximate surface area is 167 Å². The highest BCUT2D eigenvalue weighted by molar-refractivity contribution is 7.99. The van der Waals surface area contributed by atoms with Crippen molar-refractivity contribution < 1.29 is 19.4 Å². The van der Waals surface area contributed by atoms with Crippen LogP contribution in [0.25, 0.3) is 22.1 Å². The van der Waals surface area contributed by atoms with E-state index in [-0.39, 0.29) is 29.0 Å². The van der Waals surface area contributed by atoms with Crippen LogP contribution in [0.5, 0.6) is 5.75 Å². The van der Waals surface area contributed by atoms with E-state index in [9.17, 15) is 10.1 Å². The first kappa shape index (κ1) is 19.0. The number of methoxy groups -OCH3 is 1. The molecule has 2 aromatic heterocycles. The third-order valence-electron chi connectivity index (χ3n) is 4.18. The average molecular weight is 416 g/mol. The van der Waals surface area contributed by atoms with Crippen molar-refractivity contribution in [2.24, 2.45) is 0 Å². The Bertz CT molecular complexity index is 1190. The molecule has 4 rings (SSSR count). The van der Waals surface area contributed by atoms with Crippen LogP contribution in [-0.2, 0) is 0 Å². The number of aromatic nitrogens is 4. The molecular weight excluding hydrogens is 400 g/mol. The highest BCUT2D eigenvalue weighted by atomic mass is 32.2. The number of H-pyrrole nitrogens is 1. The molecule has 2 heterocycles. The third-order valence-corrected chi connectivity index (χ3v) is 5.10. The van der Waals surface area contributed by atoms with Crippen molar-refractivity contribution in [2.45, 2.75) is 16.5 Å². The van der Waals surface area contributed by atoms with E-state index < -0.39 is 4.92 Å². The summed E-state index contributed by atoms with van der Waals surface area (Å²) in [4.78, 5) is 19.4. The summed E-state index contributed by atoms with van der Waals surface area (Å²) in [6.45, 7) is 0.335. The van der Waals surface area contributed by atoms with Crippen LogP contribution in [0.2, 0.25) is 0 Å². The molecule has 0 saturated carbocycles. The van der Waals surface area contributed by atoms with Crippen molar-refractivity contribution in [1.82, 2.24) is 20.3 Å². The van der Waals surface area contributed by atoms with Crippen LogP contribution in [0, 0.1) is 10.1 Å². The quantitative estimate of drug-likeness (QED) is 0.222. The fourth-order valence-electron chi connectivity index (χ4n) is 2.85. The molecule has 0 spiro atoms. The number of aliphatic hydroxyl groups is 1. The van der Waals surface area contributed by atoms with Gasteiger partial charge in [-0.25, -0.2) is 9.61 Å². The number of benzene rings is 2. The molecule has 0 radical (unpaired) electrons. The predicted octanol–water partition coefficient (Wildman–Crippen LogP) is 2.96. The molecule has 0 aliphatic heterocycles. The first-order valence-corrected chi connectivity index (χ1v) is 9.42. The lowest BCUT2D eigenvalue weighted by Gasteiger charge is -2.08. The van der Waals surface area contributed by atoms with Gasteiger partial charge in [0.15, 0.2) is 10.7 Å². The van der Waals surface area contributed by atoms with Crippen molar-refractivity contribution in [2.75, 3.05) is 25.6 Å². The number of ether oxygens (including phenoxy) is 1. The first-order valence-electron chi connectivity index (χ1n) is 8.60. The SMILES string of the molecule is COc1ccc2nc(Sc3cc(NCCCO)c([N+](=O)[O-])c4nonc34)[nH]c2c1. The lowest BCUT2D eigenvalue weighted by Crippen LogP contribution is -2.06. The zero-order valence-electron chi connectivity index (χ0n) is 15.2. The Morgan fingerprint density at radius 2 is 2.17 bits per heavy atom. The second-order valence-corrected chi connectivity index (χ2v) is 7.05. The summed E-state index contributed by atoms with van der Waals surface area (Å²) in [7, 11) is 1.59. The molecule has 150 valence electrons. The van der Waals surface area contributed by atoms with E-state index >= 15 is 0 Å². The second-order valence-electron chi connectivity index (χ2n) is 6.02. The van der Waals surface area contributed by atoms with Crippen molar-refractivity contribution in [3.63, 3.8) is 0 Å². The number of nitro benzene ring substituents is 1. The summed E-state index contributed by atoms with van der Waals surface area (Å²) in [5.41, 5.74) is 1.91. The van der Waals surface area contributed by atoms with Crippen molar-refractivity contribution in [1.29, 1.82) is 0 Å². The van der Waals surface area contributed by atoms with Gasteiger partial charge in [-0.1, -0.05) is 0 Å². The number of anilines is 1. The minimum Gasteiger partial charge on any atom is -0.497 e. The van der Waals surface area contributed by atoms with Crippen molar-refractivity contribution in [3.8, 4) is 5.75 Å². The maximum atomic E-state index is 11.6. The average Bonchev–Trinajstić information content (AvgIpc) is 3.33. The normalized spacial score (nSPS) is 11.2. The number of imidazole rings is 1. The molecule has 4 aromatic rings. The van der Waals surface area contributed by atoms with Crippen LogP contribution in [0.15, 0.2) is 38.9 Å².